The van der Waals surface area contributed by atoms with Crippen molar-refractivity contribution in [1.82, 2.24) is 14.8 Å². The number of rotatable bonds is 6. The van der Waals surface area contributed by atoms with Crippen molar-refractivity contribution < 1.29 is 14.3 Å². The Balaban J connectivity index is 1.56. The minimum Gasteiger partial charge on any atom is -0.461 e. The van der Waals surface area contributed by atoms with Crippen LogP contribution in [0.1, 0.15) is 55.7 Å². The second-order valence-electron chi connectivity index (χ2n) is 6.34. The Morgan fingerprint density at radius 1 is 1.44 bits per heavy atom. The maximum absolute atomic E-state index is 11.9. The van der Waals surface area contributed by atoms with Crippen LogP contribution in [-0.4, -0.2) is 40.0 Å². The molecule has 0 amide bonds. The first-order valence-corrected chi connectivity index (χ1v) is 9.72. The minimum atomic E-state index is -0.368. The SMILES string of the molecule is CCOC(=O)c1csc(N(c2cnn(C3CCCCO3)c2)C2CC2)n1. The Morgan fingerprint density at radius 2 is 2.32 bits per heavy atom. The van der Waals surface area contributed by atoms with E-state index in [0.29, 0.717) is 18.3 Å². The highest BCUT2D eigenvalue weighted by molar-refractivity contribution is 7.14. The molecule has 8 heteroatoms. The van der Waals surface area contributed by atoms with Crippen LogP contribution in [0.5, 0.6) is 0 Å². The molecule has 0 N–H and O–H groups in total. The molecule has 2 aromatic rings. The van der Waals surface area contributed by atoms with E-state index in [4.69, 9.17) is 9.47 Å². The van der Waals surface area contributed by atoms with Gasteiger partial charge in [0.25, 0.3) is 0 Å². The summed E-state index contributed by atoms with van der Waals surface area (Å²) in [6.07, 6.45) is 9.45. The van der Waals surface area contributed by atoms with Crippen molar-refractivity contribution in [2.75, 3.05) is 18.1 Å². The molecule has 2 aromatic heterocycles. The third-order valence-corrected chi connectivity index (χ3v) is 5.25. The van der Waals surface area contributed by atoms with Gasteiger partial charge in [0.05, 0.1) is 24.7 Å². The zero-order valence-electron chi connectivity index (χ0n) is 14.3. The van der Waals surface area contributed by atoms with Crippen LogP contribution < -0.4 is 4.90 Å². The average Bonchev–Trinajstić information content (AvgIpc) is 3.14. The number of carbonyl (C=O) groups excluding carboxylic acids is 1. The lowest BCUT2D eigenvalue weighted by Crippen LogP contribution is -2.20. The summed E-state index contributed by atoms with van der Waals surface area (Å²) < 4.78 is 12.8. The molecule has 0 radical (unpaired) electrons. The fourth-order valence-electron chi connectivity index (χ4n) is 3.03. The molecule has 1 saturated carbocycles. The van der Waals surface area contributed by atoms with Crippen molar-refractivity contribution in [2.24, 2.45) is 0 Å². The molecule has 25 heavy (non-hydrogen) atoms. The van der Waals surface area contributed by atoms with Gasteiger partial charge in [-0.1, -0.05) is 0 Å². The van der Waals surface area contributed by atoms with Crippen molar-refractivity contribution in [3.05, 3.63) is 23.5 Å². The minimum absolute atomic E-state index is 0.0231. The fourth-order valence-corrected chi connectivity index (χ4v) is 3.91. The van der Waals surface area contributed by atoms with Gasteiger partial charge < -0.3 is 14.4 Å². The normalized spacial score (nSPS) is 20.4. The Bertz CT molecular complexity index is 734. The van der Waals surface area contributed by atoms with E-state index in [2.05, 4.69) is 15.0 Å². The van der Waals surface area contributed by atoms with E-state index in [1.807, 2.05) is 17.1 Å². The molecule has 1 saturated heterocycles. The van der Waals surface area contributed by atoms with Gasteiger partial charge in [0.2, 0.25) is 0 Å². The standard InChI is InChI=1S/C17H22N4O3S/c1-2-23-16(22)14-11-25-17(19-14)21(12-6-7-12)13-9-18-20(10-13)15-5-3-4-8-24-15/h9-12,15H,2-8H2,1H3. The first-order valence-electron chi connectivity index (χ1n) is 8.84. The van der Waals surface area contributed by atoms with Gasteiger partial charge in [-0.15, -0.1) is 11.3 Å². The summed E-state index contributed by atoms with van der Waals surface area (Å²) in [6, 6.07) is 0.422. The molecule has 134 valence electrons. The molecular weight excluding hydrogens is 340 g/mol. The van der Waals surface area contributed by atoms with Crippen molar-refractivity contribution in [1.29, 1.82) is 0 Å². The number of hydrogen-bond acceptors (Lipinski definition) is 7. The summed E-state index contributed by atoms with van der Waals surface area (Å²) in [4.78, 5) is 18.6. The van der Waals surface area contributed by atoms with Crippen molar-refractivity contribution in [3.8, 4) is 0 Å². The van der Waals surface area contributed by atoms with E-state index in [1.54, 1.807) is 12.3 Å². The monoisotopic (exact) mass is 362 g/mol. The Kier molecular flexibility index (Phi) is 4.72. The van der Waals surface area contributed by atoms with Gasteiger partial charge >= 0.3 is 5.97 Å². The Labute approximate surface area is 150 Å². The summed E-state index contributed by atoms with van der Waals surface area (Å²) in [5.41, 5.74) is 1.37. The van der Waals surface area contributed by atoms with Gasteiger partial charge in [-0.2, -0.15) is 5.10 Å². The number of carbonyl (C=O) groups is 1. The van der Waals surface area contributed by atoms with E-state index >= 15 is 0 Å². The third kappa shape index (κ3) is 3.55. The zero-order valence-corrected chi connectivity index (χ0v) is 15.1. The van der Waals surface area contributed by atoms with Crippen LogP contribution in [0.25, 0.3) is 0 Å². The fraction of sp³-hybridized carbons (Fsp3) is 0.588. The van der Waals surface area contributed by atoms with Gasteiger partial charge in [-0.3, -0.25) is 0 Å². The van der Waals surface area contributed by atoms with Crippen LogP contribution in [-0.2, 0) is 9.47 Å². The second kappa shape index (κ2) is 7.13. The third-order valence-electron chi connectivity index (χ3n) is 4.41. The molecule has 4 rings (SSSR count). The largest absolute Gasteiger partial charge is 0.461 e. The summed E-state index contributed by atoms with van der Waals surface area (Å²) >= 11 is 1.47. The van der Waals surface area contributed by atoms with Crippen molar-refractivity contribution >= 4 is 28.1 Å². The number of aromatic nitrogens is 3. The van der Waals surface area contributed by atoms with Crippen LogP contribution in [0.2, 0.25) is 0 Å². The highest BCUT2D eigenvalue weighted by Crippen LogP contribution is 2.40. The van der Waals surface area contributed by atoms with Gasteiger partial charge in [-0.25, -0.2) is 14.5 Å². The highest BCUT2D eigenvalue weighted by Gasteiger charge is 2.34. The van der Waals surface area contributed by atoms with Gasteiger partial charge in [0.15, 0.2) is 10.8 Å². The van der Waals surface area contributed by atoms with Gasteiger partial charge in [-0.05, 0) is 39.0 Å². The smallest absolute Gasteiger partial charge is 0.357 e. The number of thiazole rings is 1. The molecule has 1 aliphatic heterocycles. The van der Waals surface area contributed by atoms with E-state index < -0.39 is 0 Å². The van der Waals surface area contributed by atoms with Crippen LogP contribution >= 0.6 is 11.3 Å². The number of anilines is 2. The summed E-state index contributed by atoms with van der Waals surface area (Å²) in [5, 5.41) is 7.08. The topological polar surface area (TPSA) is 69.5 Å². The average molecular weight is 362 g/mol. The molecule has 0 spiro atoms. The van der Waals surface area contributed by atoms with Crippen molar-refractivity contribution in [2.45, 2.75) is 51.3 Å². The molecule has 2 aliphatic rings. The lowest BCUT2D eigenvalue weighted by atomic mass is 10.2. The Hall–Kier alpha value is -1.93. The maximum atomic E-state index is 11.9. The molecule has 2 fully saturated rings. The first-order chi connectivity index (χ1) is 12.3. The Morgan fingerprint density at radius 3 is 3.04 bits per heavy atom. The van der Waals surface area contributed by atoms with E-state index in [1.165, 1.54) is 17.8 Å². The maximum Gasteiger partial charge on any atom is 0.357 e. The number of ether oxygens (including phenoxy) is 2. The van der Waals surface area contributed by atoms with E-state index in [0.717, 1.165) is 43.1 Å². The predicted octanol–water partition coefficient (Wildman–Crippen LogP) is 3.52. The summed E-state index contributed by atoms with van der Waals surface area (Å²) in [6.45, 7) is 2.94. The van der Waals surface area contributed by atoms with Crippen LogP contribution in [0.3, 0.4) is 0 Å². The van der Waals surface area contributed by atoms with E-state index in [-0.39, 0.29) is 12.2 Å². The second-order valence-corrected chi connectivity index (χ2v) is 7.17. The lowest BCUT2D eigenvalue weighted by molar-refractivity contribution is -0.0394. The number of hydrogen-bond donors (Lipinski definition) is 0. The lowest BCUT2D eigenvalue weighted by Gasteiger charge is -2.23. The highest BCUT2D eigenvalue weighted by atomic mass is 32.1. The van der Waals surface area contributed by atoms with Crippen LogP contribution in [0, 0.1) is 0 Å². The molecular formula is C17H22N4O3S. The molecule has 1 aliphatic carbocycles. The molecule has 1 unspecified atom stereocenters. The van der Waals surface area contributed by atoms with Gasteiger partial charge in [0.1, 0.15) is 6.23 Å². The molecule has 1 atom stereocenters. The van der Waals surface area contributed by atoms with Crippen LogP contribution in [0.15, 0.2) is 17.8 Å². The number of esters is 1. The molecule has 7 nitrogen and oxygen atoms in total. The summed E-state index contributed by atoms with van der Waals surface area (Å²) in [7, 11) is 0. The molecule has 3 heterocycles. The van der Waals surface area contributed by atoms with Crippen LogP contribution in [0.4, 0.5) is 10.8 Å². The number of nitrogens with zero attached hydrogens (tertiary/aromatic N) is 4. The first kappa shape index (κ1) is 16.5. The molecule has 0 bridgehead atoms. The van der Waals surface area contributed by atoms with Crippen molar-refractivity contribution in [3.63, 3.8) is 0 Å². The van der Waals surface area contributed by atoms with Gasteiger partial charge in [0, 0.05) is 18.0 Å². The molecule has 0 aromatic carbocycles. The zero-order chi connectivity index (χ0) is 17.2. The predicted molar refractivity (Wildman–Crippen MR) is 94.3 cm³/mol. The quantitative estimate of drug-likeness (QED) is 0.733. The summed E-state index contributed by atoms with van der Waals surface area (Å²) in [5.74, 6) is -0.368. The van der Waals surface area contributed by atoms with E-state index in [9.17, 15) is 4.79 Å².